The van der Waals surface area contributed by atoms with E-state index in [2.05, 4.69) is 15.5 Å². The third kappa shape index (κ3) is 3.67. The fraction of sp³-hybridized carbons (Fsp3) is 0.500. The van der Waals surface area contributed by atoms with E-state index in [0.717, 1.165) is 25.9 Å². The van der Waals surface area contributed by atoms with E-state index < -0.39 is 0 Å². The summed E-state index contributed by atoms with van der Waals surface area (Å²) in [5.41, 5.74) is 0.601. The van der Waals surface area contributed by atoms with Crippen LogP contribution in [0.2, 0.25) is 0 Å². The van der Waals surface area contributed by atoms with Crippen LogP contribution in [0.25, 0.3) is 0 Å². The standard InChI is InChI=1S/C16H21N5O2/c1-20-15(17-18-19-20)12-23-14-9-5-4-8-13(14)16(22)21-10-6-2-3-7-11-21/h4-5,8-9H,2-3,6-7,10-12H2,1H3. The van der Waals surface area contributed by atoms with E-state index in [1.165, 1.54) is 12.8 Å². The van der Waals surface area contributed by atoms with Gasteiger partial charge in [-0.3, -0.25) is 4.79 Å². The second-order valence-electron chi connectivity index (χ2n) is 5.71. The molecule has 0 N–H and O–H groups in total. The summed E-state index contributed by atoms with van der Waals surface area (Å²) in [6.07, 6.45) is 4.53. The number of hydrogen-bond donors (Lipinski definition) is 0. The Bertz CT molecular complexity index is 662. The summed E-state index contributed by atoms with van der Waals surface area (Å²) in [4.78, 5) is 14.7. The number of benzene rings is 1. The molecule has 0 spiro atoms. The van der Waals surface area contributed by atoms with Gasteiger partial charge in [-0.1, -0.05) is 25.0 Å². The van der Waals surface area contributed by atoms with Crippen molar-refractivity contribution in [3.05, 3.63) is 35.7 Å². The molecule has 1 saturated heterocycles. The van der Waals surface area contributed by atoms with Crippen molar-refractivity contribution >= 4 is 5.91 Å². The molecule has 1 aromatic heterocycles. The van der Waals surface area contributed by atoms with Crippen LogP contribution >= 0.6 is 0 Å². The van der Waals surface area contributed by atoms with Crippen molar-refractivity contribution in [2.24, 2.45) is 7.05 Å². The number of carbonyl (C=O) groups is 1. The molecular formula is C16H21N5O2. The maximum absolute atomic E-state index is 12.8. The minimum Gasteiger partial charge on any atom is -0.485 e. The zero-order valence-corrected chi connectivity index (χ0v) is 13.3. The van der Waals surface area contributed by atoms with Gasteiger partial charge in [0.2, 0.25) is 0 Å². The maximum Gasteiger partial charge on any atom is 0.257 e. The van der Waals surface area contributed by atoms with Gasteiger partial charge in [-0.05, 0) is 35.4 Å². The first kappa shape index (κ1) is 15.5. The summed E-state index contributed by atoms with van der Waals surface area (Å²) in [5.74, 6) is 1.23. The highest BCUT2D eigenvalue weighted by atomic mass is 16.5. The van der Waals surface area contributed by atoms with Crippen molar-refractivity contribution < 1.29 is 9.53 Å². The zero-order chi connectivity index (χ0) is 16.1. The normalized spacial score (nSPS) is 15.3. The molecule has 2 aromatic rings. The lowest BCUT2D eigenvalue weighted by Crippen LogP contribution is -2.32. The molecule has 0 aliphatic carbocycles. The number of amides is 1. The molecule has 1 amide bonds. The van der Waals surface area contributed by atoms with E-state index in [9.17, 15) is 4.79 Å². The largest absolute Gasteiger partial charge is 0.485 e. The van der Waals surface area contributed by atoms with Crippen LogP contribution in [0.1, 0.15) is 41.9 Å². The molecule has 2 heterocycles. The molecule has 23 heavy (non-hydrogen) atoms. The van der Waals surface area contributed by atoms with E-state index in [1.54, 1.807) is 11.7 Å². The minimum atomic E-state index is 0.0404. The molecule has 0 radical (unpaired) electrons. The highest BCUT2D eigenvalue weighted by molar-refractivity contribution is 5.96. The van der Waals surface area contributed by atoms with Crippen molar-refractivity contribution in [1.82, 2.24) is 25.1 Å². The molecule has 1 aliphatic heterocycles. The number of nitrogens with zero attached hydrogens (tertiary/aromatic N) is 5. The van der Waals surface area contributed by atoms with Crippen LogP contribution in [0.5, 0.6) is 5.75 Å². The summed E-state index contributed by atoms with van der Waals surface area (Å²) in [6, 6.07) is 7.36. The second kappa shape index (κ2) is 7.21. The SMILES string of the molecule is Cn1nnnc1COc1ccccc1C(=O)N1CCCCCC1. The fourth-order valence-corrected chi connectivity index (χ4v) is 2.73. The molecule has 1 fully saturated rings. The van der Waals surface area contributed by atoms with Gasteiger partial charge >= 0.3 is 0 Å². The summed E-state index contributed by atoms with van der Waals surface area (Å²) >= 11 is 0. The van der Waals surface area contributed by atoms with Gasteiger partial charge in [0.25, 0.3) is 5.91 Å². The maximum atomic E-state index is 12.8. The average molecular weight is 315 g/mol. The van der Waals surface area contributed by atoms with Gasteiger partial charge < -0.3 is 9.64 Å². The van der Waals surface area contributed by atoms with Gasteiger partial charge in [-0.2, -0.15) is 0 Å². The molecule has 122 valence electrons. The lowest BCUT2D eigenvalue weighted by atomic mass is 10.1. The molecule has 1 aromatic carbocycles. The number of rotatable bonds is 4. The van der Waals surface area contributed by atoms with Crippen molar-refractivity contribution in [2.75, 3.05) is 13.1 Å². The van der Waals surface area contributed by atoms with Gasteiger partial charge in [0.05, 0.1) is 5.56 Å². The quantitative estimate of drug-likeness (QED) is 0.860. The first-order chi connectivity index (χ1) is 11.3. The van der Waals surface area contributed by atoms with Crippen LogP contribution in [-0.2, 0) is 13.7 Å². The van der Waals surface area contributed by atoms with E-state index in [1.807, 2.05) is 29.2 Å². The monoisotopic (exact) mass is 315 g/mol. The van der Waals surface area contributed by atoms with Crippen LogP contribution in [0, 0.1) is 0 Å². The van der Waals surface area contributed by atoms with E-state index in [-0.39, 0.29) is 12.5 Å². The molecule has 0 unspecified atom stereocenters. The number of carbonyl (C=O) groups excluding carboxylic acids is 1. The molecule has 0 saturated carbocycles. The number of tetrazole rings is 1. The molecule has 7 nitrogen and oxygen atoms in total. The number of aryl methyl sites for hydroxylation is 1. The molecular weight excluding hydrogens is 294 g/mol. The Hall–Kier alpha value is -2.44. The zero-order valence-electron chi connectivity index (χ0n) is 13.3. The predicted octanol–water partition coefficient (Wildman–Crippen LogP) is 1.81. The lowest BCUT2D eigenvalue weighted by molar-refractivity contribution is 0.0756. The van der Waals surface area contributed by atoms with Crippen LogP contribution in [0.4, 0.5) is 0 Å². The highest BCUT2D eigenvalue weighted by Crippen LogP contribution is 2.22. The summed E-state index contributed by atoms with van der Waals surface area (Å²) in [5, 5.41) is 11.2. The Morgan fingerprint density at radius 2 is 1.91 bits per heavy atom. The van der Waals surface area contributed by atoms with Gasteiger partial charge in [-0.15, -0.1) is 5.10 Å². The number of aromatic nitrogens is 4. The van der Waals surface area contributed by atoms with Gasteiger partial charge in [0, 0.05) is 20.1 Å². The van der Waals surface area contributed by atoms with Crippen molar-refractivity contribution in [2.45, 2.75) is 32.3 Å². The average Bonchev–Trinajstić information content (AvgIpc) is 2.82. The van der Waals surface area contributed by atoms with Crippen molar-refractivity contribution in [1.29, 1.82) is 0 Å². The van der Waals surface area contributed by atoms with Gasteiger partial charge in [-0.25, -0.2) is 4.68 Å². The predicted molar refractivity (Wildman–Crippen MR) is 83.9 cm³/mol. The third-order valence-electron chi connectivity index (χ3n) is 4.08. The highest BCUT2D eigenvalue weighted by Gasteiger charge is 2.20. The molecule has 0 atom stereocenters. The van der Waals surface area contributed by atoms with Gasteiger partial charge in [0.1, 0.15) is 12.4 Å². The second-order valence-corrected chi connectivity index (χ2v) is 5.71. The van der Waals surface area contributed by atoms with Crippen molar-refractivity contribution in [3.63, 3.8) is 0 Å². The number of ether oxygens (including phenoxy) is 1. The topological polar surface area (TPSA) is 73.1 Å². The molecule has 3 rings (SSSR count). The number of para-hydroxylation sites is 1. The van der Waals surface area contributed by atoms with Crippen LogP contribution in [0.15, 0.2) is 24.3 Å². The van der Waals surface area contributed by atoms with Crippen LogP contribution in [-0.4, -0.2) is 44.1 Å². The summed E-state index contributed by atoms with van der Waals surface area (Å²) in [7, 11) is 1.76. The summed E-state index contributed by atoms with van der Waals surface area (Å²) in [6.45, 7) is 1.87. The first-order valence-corrected chi connectivity index (χ1v) is 7.98. The van der Waals surface area contributed by atoms with E-state index in [4.69, 9.17) is 4.74 Å². The van der Waals surface area contributed by atoms with Gasteiger partial charge in [0.15, 0.2) is 5.82 Å². The van der Waals surface area contributed by atoms with Crippen LogP contribution < -0.4 is 4.74 Å². The Kier molecular flexibility index (Phi) is 4.85. The Labute approximate surface area is 135 Å². The van der Waals surface area contributed by atoms with E-state index in [0.29, 0.717) is 17.1 Å². The molecule has 0 bridgehead atoms. The molecule has 1 aliphatic rings. The first-order valence-electron chi connectivity index (χ1n) is 7.98. The molecule has 7 heteroatoms. The Morgan fingerprint density at radius 3 is 2.61 bits per heavy atom. The Balaban J connectivity index is 1.74. The smallest absolute Gasteiger partial charge is 0.257 e. The minimum absolute atomic E-state index is 0.0404. The van der Waals surface area contributed by atoms with Crippen LogP contribution in [0.3, 0.4) is 0 Å². The number of hydrogen-bond acceptors (Lipinski definition) is 5. The third-order valence-corrected chi connectivity index (χ3v) is 4.08. The summed E-state index contributed by atoms with van der Waals surface area (Å²) < 4.78 is 7.35. The fourth-order valence-electron chi connectivity index (χ4n) is 2.73. The van der Waals surface area contributed by atoms with Crippen molar-refractivity contribution in [3.8, 4) is 5.75 Å². The Morgan fingerprint density at radius 1 is 1.17 bits per heavy atom. The lowest BCUT2D eigenvalue weighted by Gasteiger charge is -2.21. The number of likely N-dealkylation sites (tertiary alicyclic amines) is 1. The van der Waals surface area contributed by atoms with E-state index >= 15 is 0 Å².